The number of hydrogen-bond acceptors (Lipinski definition) is 4. The number of benzene rings is 1. The zero-order valence-electron chi connectivity index (χ0n) is 20.4. The summed E-state index contributed by atoms with van der Waals surface area (Å²) >= 11 is 0. The van der Waals surface area contributed by atoms with Crippen LogP contribution in [0.3, 0.4) is 0 Å². The molecule has 0 amide bonds. The van der Waals surface area contributed by atoms with Gasteiger partial charge in [-0.2, -0.15) is 5.10 Å². The fourth-order valence-corrected chi connectivity index (χ4v) is 4.49. The number of nitrogens with zero attached hydrogens (tertiary/aromatic N) is 4. The van der Waals surface area contributed by atoms with Gasteiger partial charge in [-0.25, -0.2) is 0 Å². The van der Waals surface area contributed by atoms with Gasteiger partial charge in [0, 0.05) is 25.8 Å². The van der Waals surface area contributed by atoms with Crippen LogP contribution in [0.25, 0.3) is 0 Å². The lowest BCUT2D eigenvalue weighted by atomic mass is 10.0. The predicted octanol–water partition coefficient (Wildman–Crippen LogP) is 3.37. The Bertz CT molecular complexity index is 867. The Kier molecular flexibility index (Phi) is 8.97. The first-order valence-electron chi connectivity index (χ1n) is 11.9. The first-order valence-corrected chi connectivity index (χ1v) is 11.9. The summed E-state index contributed by atoms with van der Waals surface area (Å²) in [5, 5.41) is 11.5. The Morgan fingerprint density at radius 3 is 2.44 bits per heavy atom. The molecule has 7 nitrogen and oxygen atoms in total. The van der Waals surface area contributed by atoms with E-state index in [-0.39, 0.29) is 6.04 Å². The van der Waals surface area contributed by atoms with E-state index in [1.54, 1.807) is 7.11 Å². The molecule has 1 aliphatic heterocycles. The molecular formula is C25H40N6O. The van der Waals surface area contributed by atoms with Crippen LogP contribution in [0, 0.1) is 13.8 Å². The Labute approximate surface area is 193 Å². The fourth-order valence-electron chi connectivity index (χ4n) is 4.49. The molecule has 3 rings (SSSR count). The van der Waals surface area contributed by atoms with Crippen LogP contribution in [-0.2, 0) is 13.5 Å². The number of aliphatic imine (C=N–C) groups is 1. The predicted molar refractivity (Wildman–Crippen MR) is 132 cm³/mol. The molecule has 1 aromatic carbocycles. The Morgan fingerprint density at radius 1 is 1.12 bits per heavy atom. The van der Waals surface area contributed by atoms with Gasteiger partial charge in [-0.3, -0.25) is 14.6 Å². The normalized spacial score (nSPS) is 16.1. The summed E-state index contributed by atoms with van der Waals surface area (Å²) in [5.74, 6) is 1.77. The maximum Gasteiger partial charge on any atom is 0.191 e. The number of rotatable bonds is 9. The van der Waals surface area contributed by atoms with E-state index in [0.717, 1.165) is 56.5 Å². The second-order valence-electron chi connectivity index (χ2n) is 8.55. The minimum atomic E-state index is 0.277. The molecule has 1 fully saturated rings. The van der Waals surface area contributed by atoms with Gasteiger partial charge < -0.3 is 15.4 Å². The van der Waals surface area contributed by atoms with Gasteiger partial charge in [0.25, 0.3) is 0 Å². The van der Waals surface area contributed by atoms with Crippen molar-refractivity contribution in [1.29, 1.82) is 0 Å². The third-order valence-corrected chi connectivity index (χ3v) is 6.42. The lowest BCUT2D eigenvalue weighted by Gasteiger charge is -2.34. The standard InChI is InChI=1S/C25H40N6O/c1-6-26-25(27-15-14-23-19(2)29-30(4)20(23)3)28-18-24(31-16-8-7-9-17-31)21-10-12-22(32-5)13-11-21/h10-13,24H,6-9,14-18H2,1-5H3,(H2,26,27,28). The molecule has 2 heterocycles. The van der Waals surface area contributed by atoms with Crippen molar-refractivity contribution < 1.29 is 4.74 Å². The van der Waals surface area contributed by atoms with Crippen LogP contribution in [0.2, 0.25) is 0 Å². The average molecular weight is 441 g/mol. The summed E-state index contributed by atoms with van der Waals surface area (Å²) in [6.07, 6.45) is 4.79. The number of methoxy groups -OCH3 is 1. The molecule has 0 saturated carbocycles. The van der Waals surface area contributed by atoms with Gasteiger partial charge >= 0.3 is 0 Å². The summed E-state index contributed by atoms with van der Waals surface area (Å²) in [6, 6.07) is 8.75. The summed E-state index contributed by atoms with van der Waals surface area (Å²) in [7, 11) is 3.72. The van der Waals surface area contributed by atoms with Gasteiger partial charge in [0.15, 0.2) is 5.96 Å². The SMILES string of the molecule is CCNC(=NCC(c1ccc(OC)cc1)N1CCCCC1)NCCc1c(C)nn(C)c1C. The molecule has 1 atom stereocenters. The minimum absolute atomic E-state index is 0.277. The van der Waals surface area contributed by atoms with E-state index in [1.807, 2.05) is 11.7 Å². The highest BCUT2D eigenvalue weighted by atomic mass is 16.5. The van der Waals surface area contributed by atoms with Crippen molar-refractivity contribution in [3.63, 3.8) is 0 Å². The lowest BCUT2D eigenvalue weighted by Crippen LogP contribution is -2.40. The van der Waals surface area contributed by atoms with Crippen LogP contribution >= 0.6 is 0 Å². The van der Waals surface area contributed by atoms with E-state index < -0.39 is 0 Å². The van der Waals surface area contributed by atoms with Crippen LogP contribution in [0.4, 0.5) is 0 Å². The number of ether oxygens (including phenoxy) is 1. The molecule has 1 unspecified atom stereocenters. The number of aromatic nitrogens is 2. The van der Waals surface area contributed by atoms with Crippen molar-refractivity contribution in [2.45, 2.75) is 52.5 Å². The molecule has 1 aromatic heterocycles. The molecule has 0 bridgehead atoms. The largest absolute Gasteiger partial charge is 0.497 e. The molecule has 1 aliphatic rings. The zero-order chi connectivity index (χ0) is 22.9. The molecule has 0 radical (unpaired) electrons. The van der Waals surface area contributed by atoms with E-state index in [2.05, 4.69) is 65.7 Å². The molecular weight excluding hydrogens is 400 g/mol. The van der Waals surface area contributed by atoms with Crippen molar-refractivity contribution in [2.75, 3.05) is 39.8 Å². The van der Waals surface area contributed by atoms with Crippen molar-refractivity contribution in [1.82, 2.24) is 25.3 Å². The smallest absolute Gasteiger partial charge is 0.191 e. The number of aryl methyl sites for hydroxylation is 2. The summed E-state index contributed by atoms with van der Waals surface area (Å²) < 4.78 is 7.32. The van der Waals surface area contributed by atoms with Gasteiger partial charge in [-0.05, 0) is 76.4 Å². The molecule has 7 heteroatoms. The molecule has 176 valence electrons. The number of guanidine groups is 1. The quantitative estimate of drug-likeness (QED) is 0.462. The first-order chi connectivity index (χ1) is 15.5. The molecule has 2 N–H and O–H groups in total. The van der Waals surface area contributed by atoms with Crippen LogP contribution in [-0.4, -0.2) is 60.5 Å². The maximum absolute atomic E-state index is 5.36. The highest BCUT2D eigenvalue weighted by Crippen LogP contribution is 2.26. The minimum Gasteiger partial charge on any atom is -0.497 e. The van der Waals surface area contributed by atoms with E-state index in [9.17, 15) is 0 Å². The number of nitrogens with one attached hydrogen (secondary N) is 2. The second kappa shape index (κ2) is 11.9. The molecule has 0 aliphatic carbocycles. The average Bonchev–Trinajstić information content (AvgIpc) is 3.06. The summed E-state index contributed by atoms with van der Waals surface area (Å²) in [4.78, 5) is 7.57. The summed E-state index contributed by atoms with van der Waals surface area (Å²) in [6.45, 7) is 11.0. The van der Waals surface area contributed by atoms with Gasteiger partial charge in [-0.15, -0.1) is 0 Å². The second-order valence-corrected chi connectivity index (χ2v) is 8.55. The van der Waals surface area contributed by atoms with Crippen molar-refractivity contribution >= 4 is 5.96 Å². The van der Waals surface area contributed by atoms with E-state index in [1.165, 1.54) is 36.1 Å². The molecule has 32 heavy (non-hydrogen) atoms. The highest BCUT2D eigenvalue weighted by molar-refractivity contribution is 5.79. The van der Waals surface area contributed by atoms with E-state index in [0.29, 0.717) is 0 Å². The van der Waals surface area contributed by atoms with Gasteiger partial charge in [0.05, 0.1) is 25.4 Å². The third-order valence-electron chi connectivity index (χ3n) is 6.42. The highest BCUT2D eigenvalue weighted by Gasteiger charge is 2.22. The van der Waals surface area contributed by atoms with Gasteiger partial charge in [0.1, 0.15) is 5.75 Å². The van der Waals surface area contributed by atoms with Crippen LogP contribution in [0.15, 0.2) is 29.3 Å². The molecule has 0 spiro atoms. The van der Waals surface area contributed by atoms with Gasteiger partial charge in [0.2, 0.25) is 0 Å². The third kappa shape index (κ3) is 6.25. The first kappa shape index (κ1) is 24.1. The number of likely N-dealkylation sites (tertiary alicyclic amines) is 1. The fraction of sp³-hybridized carbons (Fsp3) is 0.600. The van der Waals surface area contributed by atoms with Crippen molar-refractivity contribution in [2.24, 2.45) is 12.0 Å². The molecule has 1 saturated heterocycles. The topological polar surface area (TPSA) is 66.7 Å². The van der Waals surface area contributed by atoms with E-state index >= 15 is 0 Å². The van der Waals surface area contributed by atoms with Crippen LogP contribution < -0.4 is 15.4 Å². The Hall–Kier alpha value is -2.54. The number of hydrogen-bond donors (Lipinski definition) is 2. The summed E-state index contributed by atoms with van der Waals surface area (Å²) in [5.41, 5.74) is 4.96. The molecule has 2 aromatic rings. The zero-order valence-corrected chi connectivity index (χ0v) is 20.4. The van der Waals surface area contributed by atoms with Crippen molar-refractivity contribution in [3.05, 3.63) is 46.8 Å². The van der Waals surface area contributed by atoms with E-state index in [4.69, 9.17) is 9.73 Å². The van der Waals surface area contributed by atoms with Crippen LogP contribution in [0.5, 0.6) is 5.75 Å². The van der Waals surface area contributed by atoms with Crippen molar-refractivity contribution in [3.8, 4) is 5.75 Å². The maximum atomic E-state index is 5.36. The monoisotopic (exact) mass is 440 g/mol. The van der Waals surface area contributed by atoms with Crippen LogP contribution in [0.1, 0.15) is 54.7 Å². The number of piperidine rings is 1. The Morgan fingerprint density at radius 2 is 1.84 bits per heavy atom. The lowest BCUT2D eigenvalue weighted by molar-refractivity contribution is 0.167. The van der Waals surface area contributed by atoms with Gasteiger partial charge in [-0.1, -0.05) is 18.6 Å². The Balaban J connectivity index is 1.69.